The number of aromatic nitrogens is 3. The Hall–Kier alpha value is -1.80. The molecule has 0 spiro atoms. The van der Waals surface area contributed by atoms with Gasteiger partial charge >= 0.3 is 0 Å². The molecule has 2 unspecified atom stereocenters. The van der Waals surface area contributed by atoms with Crippen LogP contribution >= 0.6 is 0 Å². The molecule has 0 saturated carbocycles. The van der Waals surface area contributed by atoms with Gasteiger partial charge in [-0.15, -0.1) is 0 Å². The largest absolute Gasteiger partial charge is 0.263 e. The molecule has 1 aromatic carbocycles. The first-order chi connectivity index (χ1) is 11.8. The lowest BCUT2D eigenvalue weighted by Gasteiger charge is -2.17. The molecule has 1 saturated heterocycles. The van der Waals surface area contributed by atoms with Crippen LogP contribution in [0.2, 0.25) is 0 Å². The van der Waals surface area contributed by atoms with Gasteiger partial charge in [-0.1, -0.05) is 26.0 Å². The van der Waals surface area contributed by atoms with Crippen LogP contribution in [0.1, 0.15) is 42.9 Å². The second-order valence-electron chi connectivity index (χ2n) is 6.85. The van der Waals surface area contributed by atoms with Crippen LogP contribution in [0.15, 0.2) is 29.2 Å². The van der Waals surface area contributed by atoms with Crippen LogP contribution in [0.4, 0.5) is 4.39 Å². The molecule has 1 aliphatic heterocycles. The van der Waals surface area contributed by atoms with E-state index in [-0.39, 0.29) is 23.9 Å². The van der Waals surface area contributed by atoms with E-state index < -0.39 is 22.6 Å². The number of rotatable bonds is 5. The van der Waals surface area contributed by atoms with Gasteiger partial charge in [0, 0.05) is 24.9 Å². The predicted molar refractivity (Wildman–Crippen MR) is 92.6 cm³/mol. The summed E-state index contributed by atoms with van der Waals surface area (Å²) >= 11 is 0. The summed E-state index contributed by atoms with van der Waals surface area (Å²) in [6.07, 6.45) is 0. The highest BCUT2D eigenvalue weighted by Crippen LogP contribution is 2.34. The molecule has 1 aromatic heterocycles. The van der Waals surface area contributed by atoms with Crippen molar-refractivity contribution in [1.82, 2.24) is 19.5 Å². The van der Waals surface area contributed by atoms with Crippen LogP contribution in [0.5, 0.6) is 0 Å². The highest BCUT2D eigenvalue weighted by atomic mass is 32.2. The lowest BCUT2D eigenvalue weighted by atomic mass is 9.97. The number of sulfonamides is 1. The lowest BCUT2D eigenvalue weighted by Crippen LogP contribution is -2.29. The maximum atomic E-state index is 13.5. The molecule has 1 fully saturated rings. The summed E-state index contributed by atoms with van der Waals surface area (Å²) in [4.78, 5) is 4.49. The molecule has 3 rings (SSSR count). The summed E-state index contributed by atoms with van der Waals surface area (Å²) in [5.41, 5.74) is 1.08. The van der Waals surface area contributed by atoms with E-state index >= 15 is 0 Å². The molecule has 0 radical (unpaired) electrons. The number of hydrogen-bond acceptors (Lipinski definition) is 4. The number of H-pyrrole nitrogens is 1. The Bertz CT molecular complexity index is 833. The van der Waals surface area contributed by atoms with Gasteiger partial charge in [0.05, 0.1) is 11.6 Å². The molecule has 2 aromatic rings. The SMILES string of the molecule is Cc1nc(C2CN(S(=O)(=O)c3ccc(C(C)C)cc3)CC2CF)n[nH]1. The number of halogens is 1. The zero-order valence-electron chi connectivity index (χ0n) is 14.6. The van der Waals surface area contributed by atoms with Crippen LogP contribution in [0.3, 0.4) is 0 Å². The average Bonchev–Trinajstić information content (AvgIpc) is 3.21. The van der Waals surface area contributed by atoms with E-state index in [2.05, 4.69) is 29.0 Å². The normalized spacial score (nSPS) is 22.0. The Morgan fingerprint density at radius 2 is 1.96 bits per heavy atom. The van der Waals surface area contributed by atoms with Crippen molar-refractivity contribution < 1.29 is 12.8 Å². The summed E-state index contributed by atoms with van der Waals surface area (Å²) in [7, 11) is -3.66. The standard InChI is InChI=1S/C17H23FN4O2S/c1-11(2)13-4-6-15(7-5-13)25(23,24)22-9-14(8-18)16(10-22)17-19-12(3)20-21-17/h4-7,11,14,16H,8-10H2,1-3H3,(H,19,20,21). The topological polar surface area (TPSA) is 79.0 Å². The van der Waals surface area contributed by atoms with E-state index in [9.17, 15) is 12.8 Å². The fourth-order valence-corrected chi connectivity index (χ4v) is 4.70. The third kappa shape index (κ3) is 3.46. The highest BCUT2D eigenvalue weighted by molar-refractivity contribution is 7.89. The maximum absolute atomic E-state index is 13.5. The molecule has 6 nitrogen and oxygen atoms in total. The third-order valence-corrected chi connectivity index (χ3v) is 6.58. The monoisotopic (exact) mass is 366 g/mol. The molecule has 2 atom stereocenters. The van der Waals surface area contributed by atoms with E-state index in [0.29, 0.717) is 17.6 Å². The van der Waals surface area contributed by atoms with Gasteiger partial charge in [0.25, 0.3) is 0 Å². The van der Waals surface area contributed by atoms with Crippen molar-refractivity contribution in [3.63, 3.8) is 0 Å². The fourth-order valence-electron chi connectivity index (χ4n) is 3.18. The van der Waals surface area contributed by atoms with Crippen molar-refractivity contribution in [1.29, 1.82) is 0 Å². The maximum Gasteiger partial charge on any atom is 0.243 e. The molecular formula is C17H23FN4O2S. The molecule has 1 aliphatic rings. The first kappa shape index (κ1) is 18.0. The first-order valence-electron chi connectivity index (χ1n) is 8.38. The van der Waals surface area contributed by atoms with Gasteiger partial charge in [-0.05, 0) is 30.5 Å². The minimum absolute atomic E-state index is 0.142. The minimum Gasteiger partial charge on any atom is -0.263 e. The fraction of sp³-hybridized carbons (Fsp3) is 0.529. The highest BCUT2D eigenvalue weighted by Gasteiger charge is 2.41. The number of hydrogen-bond donors (Lipinski definition) is 1. The van der Waals surface area contributed by atoms with Crippen molar-refractivity contribution in [2.75, 3.05) is 19.8 Å². The van der Waals surface area contributed by atoms with E-state index in [1.165, 1.54) is 4.31 Å². The summed E-state index contributed by atoms with van der Waals surface area (Å²) in [6.45, 7) is 5.61. The number of alkyl halides is 1. The van der Waals surface area contributed by atoms with Crippen LogP contribution in [0.25, 0.3) is 0 Å². The molecule has 2 heterocycles. The molecule has 25 heavy (non-hydrogen) atoms. The van der Waals surface area contributed by atoms with E-state index in [1.54, 1.807) is 19.1 Å². The van der Waals surface area contributed by atoms with Crippen molar-refractivity contribution in [2.45, 2.75) is 37.5 Å². The summed E-state index contributed by atoms with van der Waals surface area (Å²) < 4.78 is 40.6. The summed E-state index contributed by atoms with van der Waals surface area (Å²) in [5.74, 6) is 0.684. The second-order valence-corrected chi connectivity index (χ2v) is 8.78. The molecule has 0 amide bonds. The molecule has 8 heteroatoms. The minimum atomic E-state index is -3.66. The number of nitrogens with one attached hydrogen (secondary N) is 1. The molecule has 0 bridgehead atoms. The predicted octanol–water partition coefficient (Wildman–Crippen LogP) is 2.61. The van der Waals surface area contributed by atoms with Crippen molar-refractivity contribution in [3.8, 4) is 0 Å². The van der Waals surface area contributed by atoms with Crippen LogP contribution in [0, 0.1) is 12.8 Å². The molecule has 1 N–H and O–H groups in total. The van der Waals surface area contributed by atoms with Crippen LogP contribution in [-0.2, 0) is 10.0 Å². The summed E-state index contributed by atoms with van der Waals surface area (Å²) in [6, 6.07) is 6.91. The van der Waals surface area contributed by atoms with Crippen LogP contribution < -0.4 is 0 Å². The van der Waals surface area contributed by atoms with Gasteiger partial charge in [-0.3, -0.25) is 9.49 Å². The summed E-state index contributed by atoms with van der Waals surface area (Å²) in [5, 5.41) is 6.83. The number of aryl methyl sites for hydroxylation is 1. The zero-order valence-corrected chi connectivity index (χ0v) is 15.4. The Balaban J connectivity index is 1.85. The lowest BCUT2D eigenvalue weighted by molar-refractivity contribution is 0.346. The third-order valence-electron chi connectivity index (χ3n) is 4.74. The van der Waals surface area contributed by atoms with Crippen LogP contribution in [-0.4, -0.2) is 47.7 Å². The quantitative estimate of drug-likeness (QED) is 0.882. The second kappa shape index (κ2) is 6.84. The van der Waals surface area contributed by atoms with Gasteiger partial charge in [0.2, 0.25) is 10.0 Å². The van der Waals surface area contributed by atoms with Gasteiger partial charge in [-0.25, -0.2) is 13.4 Å². The Morgan fingerprint density at radius 1 is 1.28 bits per heavy atom. The van der Waals surface area contributed by atoms with Gasteiger partial charge < -0.3 is 0 Å². The Morgan fingerprint density at radius 3 is 2.48 bits per heavy atom. The molecular weight excluding hydrogens is 343 g/mol. The van der Waals surface area contributed by atoms with Crippen molar-refractivity contribution in [2.24, 2.45) is 5.92 Å². The van der Waals surface area contributed by atoms with Gasteiger partial charge in [0.1, 0.15) is 5.82 Å². The Kier molecular flexibility index (Phi) is 4.92. The van der Waals surface area contributed by atoms with Crippen molar-refractivity contribution >= 4 is 10.0 Å². The molecule has 136 valence electrons. The average molecular weight is 366 g/mol. The van der Waals surface area contributed by atoms with Gasteiger partial charge in [-0.2, -0.15) is 9.40 Å². The van der Waals surface area contributed by atoms with Crippen molar-refractivity contribution in [3.05, 3.63) is 41.5 Å². The van der Waals surface area contributed by atoms with E-state index in [0.717, 1.165) is 5.56 Å². The smallest absolute Gasteiger partial charge is 0.243 e. The first-order valence-corrected chi connectivity index (χ1v) is 9.82. The molecule has 0 aliphatic carbocycles. The van der Waals surface area contributed by atoms with E-state index in [4.69, 9.17) is 0 Å². The number of benzene rings is 1. The Labute approximate surface area is 147 Å². The van der Waals surface area contributed by atoms with E-state index in [1.807, 2.05) is 12.1 Å². The van der Waals surface area contributed by atoms with Gasteiger partial charge in [0.15, 0.2) is 5.82 Å². The number of nitrogens with zero attached hydrogens (tertiary/aromatic N) is 3. The zero-order chi connectivity index (χ0) is 18.2. The number of aromatic amines is 1.